The van der Waals surface area contributed by atoms with Crippen LogP contribution in [-0.4, -0.2) is 36.2 Å². The quantitative estimate of drug-likeness (QED) is 0.786. The number of hydrogen-bond acceptors (Lipinski definition) is 3. The van der Waals surface area contributed by atoms with Crippen LogP contribution in [0.1, 0.15) is 0 Å². The van der Waals surface area contributed by atoms with Crippen LogP contribution < -0.4 is 4.90 Å². The number of β-lactam (4-membered cyclic amide) rings is 1. The molecule has 6 heteroatoms. The number of carboxylic acid groups (broad SMARTS) is 1. The van der Waals surface area contributed by atoms with Crippen molar-refractivity contribution in [2.24, 2.45) is 0 Å². The second-order valence-corrected chi connectivity index (χ2v) is 3.63. The number of carboxylic acids is 1. The normalized spacial score (nSPS) is 23.4. The van der Waals surface area contributed by atoms with E-state index in [1.54, 1.807) is 0 Å². The van der Waals surface area contributed by atoms with E-state index < -0.39 is 29.8 Å². The Balaban J connectivity index is 2.32. The molecule has 0 spiro atoms. The topological polar surface area (TPSA) is 66.8 Å². The number of carbonyl (C=O) groups is 2. The van der Waals surface area contributed by atoms with Crippen molar-refractivity contribution >= 4 is 17.6 Å². The molecule has 5 nitrogen and oxygen atoms in total. The fraction of sp³-hybridized carbons (Fsp3) is 0.273. The Morgan fingerprint density at radius 3 is 2.76 bits per heavy atom. The number of halogens is 1. The number of methoxy groups -OCH3 is 1. The smallest absolute Gasteiger partial charge is 0.330 e. The second-order valence-electron chi connectivity index (χ2n) is 3.63. The highest BCUT2D eigenvalue weighted by atomic mass is 19.1. The van der Waals surface area contributed by atoms with Crippen LogP contribution >= 0.6 is 0 Å². The zero-order valence-electron chi connectivity index (χ0n) is 8.96. The fourth-order valence-corrected chi connectivity index (χ4v) is 1.85. The Morgan fingerprint density at radius 1 is 1.53 bits per heavy atom. The van der Waals surface area contributed by atoms with E-state index >= 15 is 0 Å². The highest BCUT2D eigenvalue weighted by molar-refractivity contribution is 6.12. The standard InChI is InChI=1S/C11H10FNO4/c1-17-9-8(11(15)16)13(10(9)14)7-4-2-3-6(12)5-7/h2-5,8-9H,1H3,(H,15,16)/t8-,9+/m1/s1. The third kappa shape index (κ3) is 1.76. The molecular formula is C11H10FNO4. The number of ether oxygens (including phenoxy) is 1. The molecule has 0 aliphatic carbocycles. The van der Waals surface area contributed by atoms with E-state index in [0.717, 1.165) is 11.0 Å². The summed E-state index contributed by atoms with van der Waals surface area (Å²) in [5, 5.41) is 8.99. The first-order chi connectivity index (χ1) is 8.06. The van der Waals surface area contributed by atoms with Crippen LogP contribution in [0.25, 0.3) is 0 Å². The van der Waals surface area contributed by atoms with Gasteiger partial charge in [0.1, 0.15) is 5.82 Å². The predicted molar refractivity (Wildman–Crippen MR) is 56.1 cm³/mol. The van der Waals surface area contributed by atoms with Gasteiger partial charge in [0, 0.05) is 12.8 Å². The first-order valence-corrected chi connectivity index (χ1v) is 4.90. The summed E-state index contributed by atoms with van der Waals surface area (Å²) in [6.07, 6.45) is -1.00. The van der Waals surface area contributed by atoms with Gasteiger partial charge >= 0.3 is 5.97 Å². The molecule has 1 N–H and O–H groups in total. The van der Waals surface area contributed by atoms with E-state index in [2.05, 4.69) is 0 Å². The molecule has 0 bridgehead atoms. The third-order valence-corrected chi connectivity index (χ3v) is 2.64. The van der Waals surface area contributed by atoms with Gasteiger partial charge in [-0.25, -0.2) is 9.18 Å². The number of aliphatic carboxylic acids is 1. The van der Waals surface area contributed by atoms with Crippen LogP contribution in [0.2, 0.25) is 0 Å². The fourth-order valence-electron chi connectivity index (χ4n) is 1.85. The van der Waals surface area contributed by atoms with Gasteiger partial charge in [-0.2, -0.15) is 0 Å². The molecule has 1 aromatic rings. The van der Waals surface area contributed by atoms with Gasteiger partial charge in [-0.3, -0.25) is 9.69 Å². The summed E-state index contributed by atoms with van der Waals surface area (Å²) in [6.45, 7) is 0. The minimum Gasteiger partial charge on any atom is -0.480 e. The summed E-state index contributed by atoms with van der Waals surface area (Å²) in [7, 11) is 1.27. The van der Waals surface area contributed by atoms with Gasteiger partial charge in [-0.05, 0) is 18.2 Å². The first kappa shape index (κ1) is 11.5. The summed E-state index contributed by atoms with van der Waals surface area (Å²) in [5.74, 6) is -2.19. The number of hydrogen-bond donors (Lipinski definition) is 1. The molecule has 1 fully saturated rings. The lowest BCUT2D eigenvalue weighted by Gasteiger charge is -2.43. The van der Waals surface area contributed by atoms with Gasteiger partial charge in [-0.1, -0.05) is 6.07 Å². The largest absolute Gasteiger partial charge is 0.480 e. The molecule has 0 saturated carbocycles. The summed E-state index contributed by atoms with van der Waals surface area (Å²) in [4.78, 5) is 23.6. The molecular weight excluding hydrogens is 229 g/mol. The average Bonchev–Trinajstić information content (AvgIpc) is 2.26. The van der Waals surface area contributed by atoms with E-state index in [4.69, 9.17) is 9.84 Å². The highest BCUT2D eigenvalue weighted by Gasteiger charge is 2.53. The molecule has 1 aromatic carbocycles. The molecule has 1 aliphatic heterocycles. The van der Waals surface area contributed by atoms with E-state index in [9.17, 15) is 14.0 Å². The minimum absolute atomic E-state index is 0.218. The molecule has 17 heavy (non-hydrogen) atoms. The SMILES string of the molecule is CO[C@@H]1C(=O)N(c2cccc(F)c2)[C@H]1C(=O)O. The van der Waals surface area contributed by atoms with Crippen molar-refractivity contribution in [1.29, 1.82) is 0 Å². The maximum absolute atomic E-state index is 13.0. The molecule has 1 saturated heterocycles. The van der Waals surface area contributed by atoms with Crippen molar-refractivity contribution in [2.45, 2.75) is 12.1 Å². The predicted octanol–water partition coefficient (Wildman–Crippen LogP) is 0.641. The van der Waals surface area contributed by atoms with Gasteiger partial charge in [-0.15, -0.1) is 0 Å². The zero-order chi connectivity index (χ0) is 12.6. The van der Waals surface area contributed by atoms with Crippen molar-refractivity contribution < 1.29 is 23.8 Å². The van der Waals surface area contributed by atoms with Crippen molar-refractivity contribution in [1.82, 2.24) is 0 Å². The molecule has 0 aromatic heterocycles. The summed E-state index contributed by atoms with van der Waals surface area (Å²) < 4.78 is 17.8. The van der Waals surface area contributed by atoms with Gasteiger partial charge in [0.25, 0.3) is 5.91 Å². The molecule has 2 atom stereocenters. The van der Waals surface area contributed by atoms with Crippen molar-refractivity contribution in [3.63, 3.8) is 0 Å². The third-order valence-electron chi connectivity index (χ3n) is 2.64. The van der Waals surface area contributed by atoms with Gasteiger partial charge in [0.2, 0.25) is 0 Å². The maximum Gasteiger partial charge on any atom is 0.330 e. The van der Waals surface area contributed by atoms with Crippen molar-refractivity contribution in [3.05, 3.63) is 30.1 Å². The Morgan fingerprint density at radius 2 is 2.24 bits per heavy atom. The lowest BCUT2D eigenvalue weighted by Crippen LogP contribution is -2.69. The molecule has 0 radical (unpaired) electrons. The summed E-state index contributed by atoms with van der Waals surface area (Å²) >= 11 is 0. The number of rotatable bonds is 3. The Hall–Kier alpha value is -1.95. The van der Waals surface area contributed by atoms with Crippen LogP contribution in [0.4, 0.5) is 10.1 Å². The Bertz CT molecular complexity index is 476. The molecule has 1 amide bonds. The zero-order valence-corrected chi connectivity index (χ0v) is 8.96. The van der Waals surface area contributed by atoms with Crippen LogP contribution in [0.15, 0.2) is 24.3 Å². The summed E-state index contributed by atoms with van der Waals surface area (Å²) in [5.41, 5.74) is 0.218. The number of carbonyl (C=O) groups excluding carboxylic acids is 1. The first-order valence-electron chi connectivity index (χ1n) is 4.90. The molecule has 1 aliphatic rings. The van der Waals surface area contributed by atoms with E-state index in [0.29, 0.717) is 0 Å². The van der Waals surface area contributed by atoms with E-state index in [1.165, 1.54) is 25.3 Å². The van der Waals surface area contributed by atoms with Gasteiger partial charge in [0.05, 0.1) is 0 Å². The van der Waals surface area contributed by atoms with Crippen molar-refractivity contribution in [2.75, 3.05) is 12.0 Å². The molecule has 1 heterocycles. The molecule has 2 rings (SSSR count). The van der Waals surface area contributed by atoms with Crippen LogP contribution in [0.3, 0.4) is 0 Å². The summed E-state index contributed by atoms with van der Waals surface area (Å²) in [6, 6.07) is 4.12. The van der Waals surface area contributed by atoms with Gasteiger partial charge in [0.15, 0.2) is 12.1 Å². The number of amides is 1. The van der Waals surface area contributed by atoms with Crippen molar-refractivity contribution in [3.8, 4) is 0 Å². The lowest BCUT2D eigenvalue weighted by atomic mass is 9.96. The monoisotopic (exact) mass is 239 g/mol. The number of anilines is 1. The Labute approximate surface area is 96.4 Å². The second kappa shape index (κ2) is 4.14. The van der Waals surface area contributed by atoms with Crippen LogP contribution in [0, 0.1) is 5.82 Å². The lowest BCUT2D eigenvalue weighted by molar-refractivity contribution is -0.155. The maximum atomic E-state index is 13.0. The van der Waals surface area contributed by atoms with Gasteiger partial charge < -0.3 is 9.84 Å². The Kier molecular flexibility index (Phi) is 2.81. The van der Waals surface area contributed by atoms with Crippen LogP contribution in [0.5, 0.6) is 0 Å². The number of nitrogens with zero attached hydrogens (tertiary/aromatic N) is 1. The van der Waals surface area contributed by atoms with Crippen LogP contribution in [-0.2, 0) is 14.3 Å². The minimum atomic E-state index is -1.18. The van der Waals surface area contributed by atoms with E-state index in [-0.39, 0.29) is 5.69 Å². The molecule has 90 valence electrons. The van der Waals surface area contributed by atoms with E-state index in [1.807, 2.05) is 0 Å². The average molecular weight is 239 g/mol. The highest BCUT2D eigenvalue weighted by Crippen LogP contribution is 2.30. The molecule has 0 unspecified atom stereocenters. The number of benzene rings is 1.